The second-order valence-electron chi connectivity index (χ2n) is 11.2. The molecule has 2 N–H and O–H groups in total. The van der Waals surface area contributed by atoms with Crippen molar-refractivity contribution in [2.75, 3.05) is 37.8 Å². The molecule has 0 saturated carbocycles. The molecule has 6 rings (SSSR count). The summed E-state index contributed by atoms with van der Waals surface area (Å²) in [6.45, 7) is 1.50. The Morgan fingerprint density at radius 3 is 2.53 bits per heavy atom. The van der Waals surface area contributed by atoms with Crippen LogP contribution >= 0.6 is 22.9 Å². The molecule has 1 atom stereocenters. The van der Waals surface area contributed by atoms with E-state index in [1.165, 1.54) is 15.0 Å². The number of benzene rings is 2. The zero-order valence-corrected chi connectivity index (χ0v) is 25.9. The van der Waals surface area contributed by atoms with Gasteiger partial charge in [-0.25, -0.2) is 4.98 Å². The van der Waals surface area contributed by atoms with Crippen LogP contribution in [0, 0.1) is 0 Å². The third kappa shape index (κ3) is 5.95. The number of thiophene rings is 1. The van der Waals surface area contributed by atoms with Gasteiger partial charge in [0.25, 0.3) is 11.5 Å². The minimum Gasteiger partial charge on any atom is -0.343 e. The Hall–Kier alpha value is -3.99. The topological polar surface area (TPSA) is 99.6 Å². The highest BCUT2D eigenvalue weighted by atomic mass is 35.5. The Kier molecular flexibility index (Phi) is 8.09. The summed E-state index contributed by atoms with van der Waals surface area (Å²) in [6, 6.07) is 14.4. The number of hydrogen-bond acceptors (Lipinski definition) is 7. The van der Waals surface area contributed by atoms with Gasteiger partial charge in [0.15, 0.2) is 5.82 Å². The highest BCUT2D eigenvalue weighted by molar-refractivity contribution is 7.14. The predicted molar refractivity (Wildman–Crippen MR) is 172 cm³/mol. The van der Waals surface area contributed by atoms with Gasteiger partial charge in [0.2, 0.25) is 5.91 Å². The monoisotopic (exact) mass is 616 g/mol. The minimum atomic E-state index is -0.341. The van der Waals surface area contributed by atoms with Crippen molar-refractivity contribution in [1.29, 1.82) is 0 Å². The molecule has 1 unspecified atom stereocenters. The molecule has 2 amide bonds. The second-order valence-corrected chi connectivity index (χ2v) is 12.7. The fourth-order valence-corrected chi connectivity index (χ4v) is 6.93. The van der Waals surface area contributed by atoms with E-state index in [-0.39, 0.29) is 29.2 Å². The van der Waals surface area contributed by atoms with Crippen LogP contribution in [0.5, 0.6) is 0 Å². The predicted octanol–water partition coefficient (Wildman–Crippen LogP) is 5.48. The number of nitrogens with zero attached hydrogens (tertiary/aromatic N) is 4. The van der Waals surface area contributed by atoms with E-state index >= 15 is 0 Å². The number of aryl methyl sites for hydroxylation is 3. The van der Waals surface area contributed by atoms with Crippen LogP contribution in [0.15, 0.2) is 59.5 Å². The maximum atomic E-state index is 13.1. The summed E-state index contributed by atoms with van der Waals surface area (Å²) in [5.74, 6) is 0.0270. The number of rotatable bonds is 6. The van der Waals surface area contributed by atoms with E-state index in [9.17, 15) is 14.4 Å². The molecule has 1 aliphatic carbocycles. The lowest BCUT2D eigenvalue weighted by Crippen LogP contribution is -2.48. The van der Waals surface area contributed by atoms with Crippen LogP contribution in [-0.4, -0.2) is 58.4 Å². The van der Waals surface area contributed by atoms with Crippen LogP contribution in [0.4, 0.5) is 17.2 Å². The van der Waals surface area contributed by atoms with Crippen LogP contribution in [0.1, 0.15) is 44.6 Å². The molecule has 3 heterocycles. The number of hydrogen-bond donors (Lipinski definition) is 2. The van der Waals surface area contributed by atoms with Crippen molar-refractivity contribution in [2.24, 2.45) is 7.05 Å². The summed E-state index contributed by atoms with van der Waals surface area (Å²) in [5, 5.41) is 6.52. The van der Waals surface area contributed by atoms with Crippen molar-refractivity contribution in [3.05, 3.63) is 91.0 Å². The van der Waals surface area contributed by atoms with Gasteiger partial charge in [-0.15, -0.1) is 11.3 Å². The third-order valence-electron chi connectivity index (χ3n) is 8.13. The van der Waals surface area contributed by atoms with E-state index in [2.05, 4.69) is 15.6 Å². The molecule has 4 aromatic rings. The van der Waals surface area contributed by atoms with E-state index in [0.29, 0.717) is 39.1 Å². The average molecular weight is 617 g/mol. The first kappa shape index (κ1) is 29.1. The van der Waals surface area contributed by atoms with Crippen molar-refractivity contribution >= 4 is 51.9 Å². The third-order valence-corrected chi connectivity index (χ3v) is 9.70. The zero-order chi connectivity index (χ0) is 30.2. The van der Waals surface area contributed by atoms with Gasteiger partial charge >= 0.3 is 0 Å². The minimum absolute atomic E-state index is 0.0609. The molecule has 1 saturated heterocycles. The molecule has 2 aromatic carbocycles. The van der Waals surface area contributed by atoms with Crippen molar-refractivity contribution < 1.29 is 9.59 Å². The van der Waals surface area contributed by atoms with Crippen LogP contribution < -0.4 is 16.2 Å². The SMILES string of the molecule is CN1CCN(C)C(c2ccc(Nc3nc(-c4ccc(Cl)c(NC(=O)c5cc6c(s5)CCCC6)c4)cn(C)c3=O)cc2)C1=O. The van der Waals surface area contributed by atoms with Gasteiger partial charge in [0.05, 0.1) is 21.3 Å². The molecule has 43 heavy (non-hydrogen) atoms. The molecule has 0 radical (unpaired) electrons. The molecule has 222 valence electrons. The van der Waals surface area contributed by atoms with Gasteiger partial charge < -0.3 is 20.1 Å². The Morgan fingerprint density at radius 1 is 1.00 bits per heavy atom. The molecule has 0 bridgehead atoms. The van der Waals surface area contributed by atoms with E-state index < -0.39 is 0 Å². The highest BCUT2D eigenvalue weighted by Crippen LogP contribution is 2.33. The Balaban J connectivity index is 1.23. The average Bonchev–Trinajstić information content (AvgIpc) is 3.44. The first-order chi connectivity index (χ1) is 20.7. The Labute approximate surface area is 259 Å². The summed E-state index contributed by atoms with van der Waals surface area (Å²) in [5.41, 5.74) is 4.25. The molecule has 1 aliphatic heterocycles. The smallest absolute Gasteiger partial charge is 0.293 e. The first-order valence-corrected chi connectivity index (χ1v) is 15.5. The fourth-order valence-electron chi connectivity index (χ4n) is 5.62. The van der Waals surface area contributed by atoms with Gasteiger partial charge in [-0.1, -0.05) is 29.8 Å². The Morgan fingerprint density at radius 2 is 1.77 bits per heavy atom. The molecular weight excluding hydrogens is 584 g/mol. The van der Waals surface area contributed by atoms with E-state index in [1.54, 1.807) is 41.6 Å². The summed E-state index contributed by atoms with van der Waals surface area (Å²) in [4.78, 5) is 49.3. The molecule has 2 aromatic heterocycles. The zero-order valence-electron chi connectivity index (χ0n) is 24.3. The fraction of sp³-hybridized carbons (Fsp3) is 0.312. The van der Waals surface area contributed by atoms with Crippen molar-refractivity contribution in [2.45, 2.75) is 31.7 Å². The summed E-state index contributed by atoms with van der Waals surface area (Å²) < 4.78 is 1.47. The molecular formula is C32H33ClN6O3S. The van der Waals surface area contributed by atoms with Crippen LogP contribution in [-0.2, 0) is 24.7 Å². The number of amides is 2. The number of carbonyl (C=O) groups is 2. The van der Waals surface area contributed by atoms with Crippen LogP contribution in [0.3, 0.4) is 0 Å². The number of halogens is 1. The maximum absolute atomic E-state index is 13.1. The van der Waals surface area contributed by atoms with Crippen molar-refractivity contribution in [3.63, 3.8) is 0 Å². The lowest BCUT2D eigenvalue weighted by Gasteiger charge is -2.37. The van der Waals surface area contributed by atoms with E-state index in [0.717, 1.165) is 37.8 Å². The van der Waals surface area contributed by atoms with Gasteiger partial charge in [0.1, 0.15) is 6.04 Å². The van der Waals surface area contributed by atoms with Crippen LogP contribution in [0.25, 0.3) is 11.3 Å². The maximum Gasteiger partial charge on any atom is 0.293 e. The standard InChI is InChI=1S/C32H33ClN6O3S/c1-37-14-15-38(2)31(41)28(37)19-8-11-22(12-9-19)34-29-32(42)39(3)18-25(35-29)20-10-13-23(33)24(16-20)36-30(40)27-17-21-6-4-5-7-26(21)43-27/h8-13,16-18,28H,4-7,14-15H2,1-3H3,(H,34,35)(H,36,40). The Bertz CT molecular complexity index is 1740. The summed E-state index contributed by atoms with van der Waals surface area (Å²) in [6.07, 6.45) is 6.01. The number of nitrogens with one attached hydrogen (secondary N) is 2. The molecule has 2 aliphatic rings. The second kappa shape index (κ2) is 11.9. The number of anilines is 3. The van der Waals surface area contributed by atoms with Gasteiger partial charge in [-0.2, -0.15) is 0 Å². The lowest BCUT2D eigenvalue weighted by atomic mass is 9.99. The number of fused-ring (bicyclic) bond motifs is 1. The van der Waals surface area contributed by atoms with Crippen molar-refractivity contribution in [3.8, 4) is 11.3 Å². The molecule has 9 nitrogen and oxygen atoms in total. The molecule has 11 heteroatoms. The first-order valence-electron chi connectivity index (χ1n) is 14.3. The normalized spacial score (nSPS) is 17.1. The quantitative estimate of drug-likeness (QED) is 0.298. The van der Waals surface area contributed by atoms with Crippen molar-refractivity contribution in [1.82, 2.24) is 19.4 Å². The number of likely N-dealkylation sites (N-methyl/N-ethyl adjacent to an activating group) is 2. The largest absolute Gasteiger partial charge is 0.343 e. The van der Waals surface area contributed by atoms with Gasteiger partial charge in [0, 0.05) is 49.5 Å². The van der Waals surface area contributed by atoms with Crippen LogP contribution in [0.2, 0.25) is 5.02 Å². The summed E-state index contributed by atoms with van der Waals surface area (Å²) >= 11 is 8.03. The van der Waals surface area contributed by atoms with Gasteiger partial charge in [-0.3, -0.25) is 19.3 Å². The molecule has 0 spiro atoms. The lowest BCUT2D eigenvalue weighted by molar-refractivity contribution is -0.139. The summed E-state index contributed by atoms with van der Waals surface area (Å²) in [7, 11) is 5.43. The molecule has 1 fully saturated rings. The number of aromatic nitrogens is 2. The number of carbonyl (C=O) groups excluding carboxylic acids is 2. The van der Waals surface area contributed by atoms with Gasteiger partial charge in [-0.05, 0) is 74.2 Å². The van der Waals surface area contributed by atoms with E-state index in [4.69, 9.17) is 11.6 Å². The van der Waals surface area contributed by atoms with E-state index in [1.807, 2.05) is 55.4 Å². The number of piperazine rings is 1. The highest BCUT2D eigenvalue weighted by Gasteiger charge is 2.31.